The highest BCUT2D eigenvalue weighted by atomic mass is 16.5. The number of H-pyrrole nitrogens is 1. The largest absolute Gasteiger partial charge is 0.465 e. The molecular formula is C29H31N3O4. The number of benzene rings is 2. The van der Waals surface area contributed by atoms with Crippen LogP contribution in [0.25, 0.3) is 22.0 Å². The smallest absolute Gasteiger partial charge is 0.337 e. The molecule has 7 nitrogen and oxygen atoms in total. The molecule has 2 heterocycles. The van der Waals surface area contributed by atoms with Gasteiger partial charge in [-0.3, -0.25) is 9.59 Å². The molecule has 0 atom stereocenters. The minimum Gasteiger partial charge on any atom is -0.465 e. The summed E-state index contributed by atoms with van der Waals surface area (Å²) in [6.07, 6.45) is 2.06. The van der Waals surface area contributed by atoms with Crippen molar-refractivity contribution in [3.05, 3.63) is 92.5 Å². The molecule has 0 aliphatic carbocycles. The summed E-state index contributed by atoms with van der Waals surface area (Å²) < 4.78 is 6.96. The number of nitrogens with zero attached hydrogens (tertiary/aromatic N) is 1. The predicted octanol–water partition coefficient (Wildman–Crippen LogP) is 5.22. The molecule has 0 radical (unpaired) electrons. The van der Waals surface area contributed by atoms with E-state index in [1.54, 1.807) is 12.1 Å². The van der Waals surface area contributed by atoms with Gasteiger partial charge in [0.15, 0.2) is 0 Å². The highest BCUT2D eigenvalue weighted by Gasteiger charge is 2.19. The molecule has 0 fully saturated rings. The monoisotopic (exact) mass is 485 g/mol. The summed E-state index contributed by atoms with van der Waals surface area (Å²) in [4.78, 5) is 40.6. The molecule has 7 heteroatoms. The lowest BCUT2D eigenvalue weighted by Crippen LogP contribution is -2.28. The second kappa shape index (κ2) is 9.85. The predicted molar refractivity (Wildman–Crippen MR) is 142 cm³/mol. The SMILES string of the molecule is COC(=O)c1ccc(-c2cc(C(=O)NCc3c(C)cc(C)[nH]c3=O)c3c(C)cn(C(C)C)c3c2)cc1. The van der Waals surface area contributed by atoms with Gasteiger partial charge in [0.2, 0.25) is 0 Å². The van der Waals surface area contributed by atoms with Crippen LogP contribution in [-0.4, -0.2) is 28.5 Å². The fourth-order valence-electron chi connectivity index (χ4n) is 4.64. The molecule has 2 N–H and O–H groups in total. The van der Waals surface area contributed by atoms with Gasteiger partial charge in [-0.2, -0.15) is 0 Å². The molecule has 0 aliphatic rings. The molecule has 0 saturated carbocycles. The Balaban J connectivity index is 1.79. The molecule has 2 aromatic carbocycles. The number of esters is 1. The molecule has 0 bridgehead atoms. The van der Waals surface area contributed by atoms with Crippen LogP contribution in [0, 0.1) is 20.8 Å². The Kier molecular flexibility index (Phi) is 6.84. The molecule has 4 aromatic rings. The molecule has 4 rings (SSSR count). The van der Waals surface area contributed by atoms with E-state index in [1.165, 1.54) is 7.11 Å². The Bertz CT molecular complexity index is 1530. The lowest BCUT2D eigenvalue weighted by atomic mass is 9.97. The summed E-state index contributed by atoms with van der Waals surface area (Å²) in [5, 5.41) is 3.84. The zero-order chi connectivity index (χ0) is 26.1. The fourth-order valence-corrected chi connectivity index (χ4v) is 4.64. The van der Waals surface area contributed by atoms with Crippen molar-refractivity contribution in [3.63, 3.8) is 0 Å². The number of aryl methyl sites for hydroxylation is 3. The van der Waals surface area contributed by atoms with Gasteiger partial charge >= 0.3 is 5.97 Å². The second-order valence-corrected chi connectivity index (χ2v) is 9.43. The van der Waals surface area contributed by atoms with E-state index < -0.39 is 5.97 Å². The van der Waals surface area contributed by atoms with Crippen LogP contribution in [0.2, 0.25) is 0 Å². The van der Waals surface area contributed by atoms with Crippen LogP contribution in [-0.2, 0) is 11.3 Å². The van der Waals surface area contributed by atoms with Gasteiger partial charge in [0, 0.05) is 46.5 Å². The molecule has 0 spiro atoms. The zero-order valence-electron chi connectivity index (χ0n) is 21.5. The number of carbonyl (C=O) groups is 2. The van der Waals surface area contributed by atoms with Crippen LogP contribution >= 0.6 is 0 Å². The highest BCUT2D eigenvalue weighted by molar-refractivity contribution is 6.09. The zero-order valence-corrected chi connectivity index (χ0v) is 21.5. The lowest BCUT2D eigenvalue weighted by Gasteiger charge is -2.14. The van der Waals surface area contributed by atoms with E-state index in [0.717, 1.165) is 38.9 Å². The first kappa shape index (κ1) is 25.0. The molecule has 186 valence electrons. The summed E-state index contributed by atoms with van der Waals surface area (Å²) in [7, 11) is 1.35. The van der Waals surface area contributed by atoms with Crippen molar-refractivity contribution >= 4 is 22.8 Å². The maximum atomic E-state index is 13.5. The van der Waals surface area contributed by atoms with Gasteiger partial charge in [-0.1, -0.05) is 12.1 Å². The number of aromatic amines is 1. The van der Waals surface area contributed by atoms with E-state index in [-0.39, 0.29) is 24.1 Å². The number of aromatic nitrogens is 2. The molecule has 0 unspecified atom stereocenters. The Hall–Kier alpha value is -4.13. The summed E-state index contributed by atoms with van der Waals surface area (Å²) >= 11 is 0. The second-order valence-electron chi connectivity index (χ2n) is 9.43. The van der Waals surface area contributed by atoms with E-state index in [0.29, 0.717) is 16.7 Å². The number of nitrogens with one attached hydrogen (secondary N) is 2. The first-order chi connectivity index (χ1) is 17.1. The van der Waals surface area contributed by atoms with E-state index in [1.807, 2.05) is 45.0 Å². The molecular weight excluding hydrogens is 454 g/mol. The van der Waals surface area contributed by atoms with Gasteiger partial charge in [0.25, 0.3) is 11.5 Å². The van der Waals surface area contributed by atoms with Crippen molar-refractivity contribution in [3.8, 4) is 11.1 Å². The number of carbonyl (C=O) groups excluding carboxylic acids is 2. The lowest BCUT2D eigenvalue weighted by molar-refractivity contribution is 0.0600. The van der Waals surface area contributed by atoms with Crippen LogP contribution < -0.4 is 10.9 Å². The van der Waals surface area contributed by atoms with Crippen molar-refractivity contribution in [2.75, 3.05) is 7.11 Å². The number of ether oxygens (including phenoxy) is 1. The van der Waals surface area contributed by atoms with Crippen molar-refractivity contribution < 1.29 is 14.3 Å². The summed E-state index contributed by atoms with van der Waals surface area (Å²) in [5.74, 6) is -0.653. The normalized spacial score (nSPS) is 11.2. The quantitative estimate of drug-likeness (QED) is 0.366. The van der Waals surface area contributed by atoms with E-state index in [9.17, 15) is 14.4 Å². The van der Waals surface area contributed by atoms with Crippen LogP contribution in [0.1, 0.15) is 63.0 Å². The van der Waals surface area contributed by atoms with Crippen molar-refractivity contribution in [2.24, 2.45) is 0 Å². The van der Waals surface area contributed by atoms with Gasteiger partial charge in [-0.15, -0.1) is 0 Å². The van der Waals surface area contributed by atoms with E-state index >= 15 is 0 Å². The molecule has 1 amide bonds. The molecule has 36 heavy (non-hydrogen) atoms. The third-order valence-corrected chi connectivity index (χ3v) is 6.48. The Morgan fingerprint density at radius 3 is 2.31 bits per heavy atom. The van der Waals surface area contributed by atoms with Gasteiger partial charge in [-0.25, -0.2) is 4.79 Å². The number of methoxy groups -OCH3 is 1. The third-order valence-electron chi connectivity index (χ3n) is 6.48. The number of pyridine rings is 1. The van der Waals surface area contributed by atoms with Crippen LogP contribution in [0.4, 0.5) is 0 Å². The highest BCUT2D eigenvalue weighted by Crippen LogP contribution is 2.33. The van der Waals surface area contributed by atoms with Gasteiger partial charge in [0.1, 0.15) is 0 Å². The summed E-state index contributed by atoms with van der Waals surface area (Å²) in [6, 6.07) is 13.2. The molecule has 0 aliphatic heterocycles. The number of rotatable bonds is 6. The van der Waals surface area contributed by atoms with Crippen LogP contribution in [0.15, 0.2) is 53.5 Å². The number of hydrogen-bond acceptors (Lipinski definition) is 4. The Labute approximate surface area is 210 Å². The standard InChI is InChI=1S/C29H31N3O4/c1-16(2)32-15-18(4)26-23(27(33)30-14-24-17(3)11-19(5)31-28(24)34)12-22(13-25(26)32)20-7-9-21(10-8-20)29(35)36-6/h7-13,15-16H,14H2,1-6H3,(H,30,33)(H,31,34). The van der Waals surface area contributed by atoms with Crippen molar-refractivity contribution in [1.82, 2.24) is 14.9 Å². The van der Waals surface area contributed by atoms with Crippen LogP contribution in [0.3, 0.4) is 0 Å². The average Bonchev–Trinajstić information content (AvgIpc) is 3.19. The minimum absolute atomic E-state index is 0.129. The van der Waals surface area contributed by atoms with Crippen molar-refractivity contribution in [1.29, 1.82) is 0 Å². The van der Waals surface area contributed by atoms with E-state index in [2.05, 4.69) is 41.0 Å². The summed E-state index contributed by atoms with van der Waals surface area (Å²) in [6.45, 7) is 10.0. The van der Waals surface area contributed by atoms with Gasteiger partial charge in [0.05, 0.1) is 12.7 Å². The van der Waals surface area contributed by atoms with E-state index in [4.69, 9.17) is 4.74 Å². The average molecular weight is 486 g/mol. The first-order valence-electron chi connectivity index (χ1n) is 11.9. The number of hydrogen-bond donors (Lipinski definition) is 2. The van der Waals surface area contributed by atoms with Crippen molar-refractivity contribution in [2.45, 2.75) is 47.2 Å². The first-order valence-corrected chi connectivity index (χ1v) is 11.9. The molecule has 2 aromatic heterocycles. The maximum Gasteiger partial charge on any atom is 0.337 e. The number of amides is 1. The topological polar surface area (TPSA) is 93.2 Å². The van der Waals surface area contributed by atoms with Gasteiger partial charge < -0.3 is 19.6 Å². The molecule has 0 saturated heterocycles. The van der Waals surface area contributed by atoms with Crippen LogP contribution in [0.5, 0.6) is 0 Å². The fraction of sp³-hybridized carbons (Fsp3) is 0.276. The van der Waals surface area contributed by atoms with Gasteiger partial charge in [-0.05, 0) is 87.2 Å². The Morgan fingerprint density at radius 2 is 1.69 bits per heavy atom. The summed E-state index contributed by atoms with van der Waals surface area (Å²) in [5.41, 5.74) is 6.64. The third kappa shape index (κ3) is 4.69. The Morgan fingerprint density at radius 1 is 1.00 bits per heavy atom. The number of fused-ring (bicyclic) bond motifs is 1. The minimum atomic E-state index is -0.400. The maximum absolute atomic E-state index is 13.5.